The molecule has 2 aromatic carbocycles. The molecule has 110 valence electrons. The second kappa shape index (κ2) is 6.73. The van der Waals surface area contributed by atoms with Crippen LogP contribution in [-0.2, 0) is 6.54 Å². The lowest BCUT2D eigenvalue weighted by Crippen LogP contribution is -2.05. The lowest BCUT2D eigenvalue weighted by Gasteiger charge is -2.07. The Labute approximate surface area is 138 Å². The number of benzene rings is 2. The summed E-state index contributed by atoms with van der Waals surface area (Å²) in [6.07, 6.45) is 0. The fourth-order valence-corrected chi connectivity index (χ4v) is 2.44. The molecule has 1 N–H and O–H groups in total. The van der Waals surface area contributed by atoms with Gasteiger partial charge in [0.2, 0.25) is 16.5 Å². The maximum absolute atomic E-state index is 5.75. The molecular weight excluding hydrogens is 319 g/mol. The average Bonchev–Trinajstić information content (AvgIpc) is 2.53. The van der Waals surface area contributed by atoms with Crippen LogP contribution in [0, 0.1) is 0 Å². The molecule has 22 heavy (non-hydrogen) atoms. The fourth-order valence-electron chi connectivity index (χ4n) is 2.08. The summed E-state index contributed by atoms with van der Waals surface area (Å²) in [5.74, 6) is 0.357. The van der Waals surface area contributed by atoms with Gasteiger partial charge in [0.25, 0.3) is 0 Å². The van der Waals surface area contributed by atoms with Crippen molar-refractivity contribution in [3.05, 3.63) is 70.7 Å². The molecule has 1 heterocycles. The molecule has 0 saturated heterocycles. The summed E-state index contributed by atoms with van der Waals surface area (Å²) in [6, 6.07) is 18.5. The van der Waals surface area contributed by atoms with Crippen molar-refractivity contribution in [2.75, 3.05) is 5.32 Å². The number of nitrogens with zero attached hydrogens (tertiary/aromatic N) is 3. The van der Waals surface area contributed by atoms with Crippen molar-refractivity contribution in [1.82, 2.24) is 15.0 Å². The SMILES string of the molecule is Clc1nc(Cl)nc(NCc2cccc(-c3ccccc3)c2)n1. The van der Waals surface area contributed by atoms with Gasteiger partial charge in [-0.05, 0) is 46.0 Å². The van der Waals surface area contributed by atoms with Crippen molar-refractivity contribution in [3.8, 4) is 11.1 Å². The molecule has 0 aliphatic carbocycles. The van der Waals surface area contributed by atoms with Gasteiger partial charge in [0.1, 0.15) is 0 Å². The number of hydrogen-bond donors (Lipinski definition) is 1. The number of nitrogens with one attached hydrogen (secondary N) is 1. The van der Waals surface area contributed by atoms with E-state index < -0.39 is 0 Å². The Morgan fingerprint density at radius 1 is 0.773 bits per heavy atom. The summed E-state index contributed by atoms with van der Waals surface area (Å²) in [5, 5.41) is 3.23. The van der Waals surface area contributed by atoms with E-state index in [2.05, 4.69) is 44.5 Å². The zero-order valence-corrected chi connectivity index (χ0v) is 13.0. The summed E-state index contributed by atoms with van der Waals surface area (Å²) >= 11 is 11.5. The highest BCUT2D eigenvalue weighted by molar-refractivity contribution is 6.31. The largest absolute Gasteiger partial charge is 0.350 e. The third kappa shape index (κ3) is 3.72. The maximum atomic E-state index is 5.75. The van der Waals surface area contributed by atoms with Crippen molar-refractivity contribution in [3.63, 3.8) is 0 Å². The third-order valence-electron chi connectivity index (χ3n) is 3.07. The molecule has 0 amide bonds. The van der Waals surface area contributed by atoms with Crippen LogP contribution in [0.1, 0.15) is 5.56 Å². The minimum atomic E-state index is 0.0699. The van der Waals surface area contributed by atoms with Crippen LogP contribution in [0.5, 0.6) is 0 Å². The van der Waals surface area contributed by atoms with Crippen LogP contribution < -0.4 is 5.32 Å². The van der Waals surface area contributed by atoms with Gasteiger partial charge < -0.3 is 5.32 Å². The van der Waals surface area contributed by atoms with E-state index in [1.165, 1.54) is 5.56 Å². The number of hydrogen-bond acceptors (Lipinski definition) is 4. The Bertz CT molecular complexity index is 758. The fraction of sp³-hybridized carbons (Fsp3) is 0.0625. The molecule has 1 aromatic heterocycles. The Kier molecular flexibility index (Phi) is 4.51. The summed E-state index contributed by atoms with van der Waals surface area (Å²) in [6.45, 7) is 0.567. The molecule has 3 rings (SSSR count). The van der Waals surface area contributed by atoms with E-state index in [0.717, 1.165) is 11.1 Å². The van der Waals surface area contributed by atoms with Crippen molar-refractivity contribution >= 4 is 29.2 Å². The molecule has 0 atom stereocenters. The van der Waals surface area contributed by atoms with E-state index in [1.54, 1.807) is 0 Å². The average molecular weight is 331 g/mol. The van der Waals surface area contributed by atoms with Gasteiger partial charge in [0.05, 0.1) is 0 Å². The van der Waals surface area contributed by atoms with Crippen LogP contribution in [0.4, 0.5) is 5.95 Å². The summed E-state index contributed by atoms with van der Waals surface area (Å²) in [7, 11) is 0. The topological polar surface area (TPSA) is 50.7 Å². The number of aromatic nitrogens is 3. The van der Waals surface area contributed by atoms with Gasteiger partial charge in [-0.3, -0.25) is 0 Å². The predicted octanol–water partition coefficient (Wildman–Crippen LogP) is 4.46. The molecule has 4 nitrogen and oxygen atoms in total. The van der Waals surface area contributed by atoms with Crippen LogP contribution in [0.15, 0.2) is 54.6 Å². The van der Waals surface area contributed by atoms with Gasteiger partial charge in [0, 0.05) is 6.54 Å². The van der Waals surface area contributed by atoms with E-state index in [0.29, 0.717) is 12.5 Å². The van der Waals surface area contributed by atoms with Crippen LogP contribution in [0.2, 0.25) is 10.6 Å². The van der Waals surface area contributed by atoms with E-state index in [1.807, 2.05) is 30.3 Å². The normalized spacial score (nSPS) is 10.5. The van der Waals surface area contributed by atoms with Gasteiger partial charge in [0.15, 0.2) is 0 Å². The monoisotopic (exact) mass is 330 g/mol. The molecule has 0 radical (unpaired) electrons. The smallest absolute Gasteiger partial charge is 0.228 e. The first-order valence-corrected chi connectivity index (χ1v) is 7.41. The zero-order valence-electron chi connectivity index (χ0n) is 11.5. The standard InChI is InChI=1S/C16H12Cl2N4/c17-14-20-15(18)22-16(21-14)19-10-11-5-4-8-13(9-11)12-6-2-1-3-7-12/h1-9H,10H2,(H,19,20,21,22). The maximum Gasteiger partial charge on any atom is 0.228 e. The molecular formula is C16H12Cl2N4. The van der Waals surface area contributed by atoms with Gasteiger partial charge in [-0.2, -0.15) is 15.0 Å². The Morgan fingerprint density at radius 3 is 2.18 bits per heavy atom. The summed E-state index contributed by atoms with van der Waals surface area (Å²) in [4.78, 5) is 11.7. The predicted molar refractivity (Wildman–Crippen MR) is 89.1 cm³/mol. The van der Waals surface area contributed by atoms with Crippen molar-refractivity contribution in [1.29, 1.82) is 0 Å². The molecule has 0 saturated carbocycles. The Morgan fingerprint density at radius 2 is 1.45 bits per heavy atom. The molecule has 0 unspecified atom stereocenters. The van der Waals surface area contributed by atoms with E-state index >= 15 is 0 Å². The number of anilines is 1. The Balaban J connectivity index is 1.76. The Hall–Kier alpha value is -2.17. The summed E-state index contributed by atoms with van der Waals surface area (Å²) < 4.78 is 0. The lowest BCUT2D eigenvalue weighted by molar-refractivity contribution is 1.00. The van der Waals surface area contributed by atoms with Gasteiger partial charge in [-0.25, -0.2) is 0 Å². The molecule has 6 heteroatoms. The second-order valence-electron chi connectivity index (χ2n) is 4.62. The summed E-state index contributed by atoms with van der Waals surface area (Å²) in [5.41, 5.74) is 3.44. The minimum Gasteiger partial charge on any atom is -0.350 e. The van der Waals surface area contributed by atoms with Crippen LogP contribution in [-0.4, -0.2) is 15.0 Å². The lowest BCUT2D eigenvalue weighted by atomic mass is 10.0. The first kappa shape index (κ1) is 14.8. The first-order chi connectivity index (χ1) is 10.7. The molecule has 0 fully saturated rings. The van der Waals surface area contributed by atoms with E-state index in [4.69, 9.17) is 23.2 Å². The second-order valence-corrected chi connectivity index (χ2v) is 5.29. The highest BCUT2D eigenvalue weighted by Gasteiger charge is 2.04. The molecule has 0 aliphatic heterocycles. The quantitative estimate of drug-likeness (QED) is 0.767. The molecule has 0 spiro atoms. The molecule has 3 aromatic rings. The zero-order chi connectivity index (χ0) is 15.4. The van der Waals surface area contributed by atoms with Crippen LogP contribution >= 0.6 is 23.2 Å². The molecule has 0 bridgehead atoms. The van der Waals surface area contributed by atoms with E-state index in [-0.39, 0.29) is 10.6 Å². The highest BCUT2D eigenvalue weighted by Crippen LogP contribution is 2.20. The number of halogens is 2. The molecule has 0 aliphatic rings. The van der Waals surface area contributed by atoms with Crippen LogP contribution in [0.3, 0.4) is 0 Å². The highest BCUT2D eigenvalue weighted by atomic mass is 35.5. The first-order valence-electron chi connectivity index (χ1n) is 6.66. The van der Waals surface area contributed by atoms with Crippen molar-refractivity contribution < 1.29 is 0 Å². The van der Waals surface area contributed by atoms with Gasteiger partial charge in [-0.1, -0.05) is 48.5 Å². The van der Waals surface area contributed by atoms with Gasteiger partial charge >= 0.3 is 0 Å². The van der Waals surface area contributed by atoms with Crippen LogP contribution in [0.25, 0.3) is 11.1 Å². The minimum absolute atomic E-state index is 0.0699. The van der Waals surface area contributed by atoms with E-state index in [9.17, 15) is 0 Å². The van der Waals surface area contributed by atoms with Gasteiger partial charge in [-0.15, -0.1) is 0 Å². The van der Waals surface area contributed by atoms with Crippen molar-refractivity contribution in [2.45, 2.75) is 6.54 Å². The van der Waals surface area contributed by atoms with Crippen molar-refractivity contribution in [2.24, 2.45) is 0 Å². The third-order valence-corrected chi connectivity index (χ3v) is 3.40. The number of rotatable bonds is 4.